The van der Waals surface area contributed by atoms with Crippen LogP contribution in [0, 0.1) is 21.4 Å². The smallest absolute Gasteiger partial charge is 0.248 e. The van der Waals surface area contributed by atoms with Crippen LogP contribution in [0.25, 0.3) is 0 Å². The van der Waals surface area contributed by atoms with E-state index >= 15 is 0 Å². The third kappa shape index (κ3) is 5.11. The Balaban J connectivity index is 1.72. The van der Waals surface area contributed by atoms with Gasteiger partial charge in [0.1, 0.15) is 0 Å². The van der Waals surface area contributed by atoms with Crippen LogP contribution in [0.4, 0.5) is 0 Å². The average Bonchev–Trinajstić information content (AvgIpc) is 3.27. The van der Waals surface area contributed by atoms with Crippen molar-refractivity contribution in [1.29, 1.82) is 5.26 Å². The maximum absolute atomic E-state index is 11.7. The summed E-state index contributed by atoms with van der Waals surface area (Å²) in [6, 6.07) is 12.3. The van der Waals surface area contributed by atoms with Crippen LogP contribution in [0.3, 0.4) is 0 Å². The summed E-state index contributed by atoms with van der Waals surface area (Å²) in [7, 11) is 4.56. The Hall–Kier alpha value is -3.67. The van der Waals surface area contributed by atoms with Crippen LogP contribution in [0.15, 0.2) is 36.4 Å². The molecule has 0 aliphatic carbocycles. The summed E-state index contributed by atoms with van der Waals surface area (Å²) in [4.78, 5) is 11.4. The van der Waals surface area contributed by atoms with Gasteiger partial charge in [-0.25, -0.2) is 0 Å². The van der Waals surface area contributed by atoms with Gasteiger partial charge in [-0.2, -0.15) is 5.26 Å². The number of benzene rings is 2. The molecule has 0 fully saturated rings. The molecule has 0 saturated heterocycles. The molecule has 0 N–H and O–H groups in total. The highest BCUT2D eigenvalue weighted by atomic mass is 16.7. The van der Waals surface area contributed by atoms with E-state index < -0.39 is 17.7 Å². The lowest BCUT2D eigenvalue weighted by Gasteiger charge is -2.27. The van der Waals surface area contributed by atoms with Gasteiger partial charge < -0.3 is 23.7 Å². The van der Waals surface area contributed by atoms with E-state index in [4.69, 9.17) is 23.7 Å². The first-order valence-electron chi connectivity index (χ1n) is 11.2. The number of nitriles is 1. The minimum Gasteiger partial charge on any atom is -0.493 e. The van der Waals surface area contributed by atoms with Crippen molar-refractivity contribution < 1.29 is 28.6 Å². The number of hydrogen-bond acceptors (Lipinski definition) is 8. The molecule has 0 spiro atoms. The topological polar surface area (TPSA) is 113 Å². The first kappa shape index (κ1) is 25.0. The predicted molar refractivity (Wildman–Crippen MR) is 124 cm³/mol. The number of nitrogens with zero attached hydrogens (tertiary/aromatic N) is 2. The minimum atomic E-state index is -0.857. The van der Waals surface area contributed by atoms with Gasteiger partial charge in [0.25, 0.3) is 0 Å². The quantitative estimate of drug-likeness (QED) is 0.318. The zero-order chi connectivity index (χ0) is 24.7. The van der Waals surface area contributed by atoms with Gasteiger partial charge in [-0.1, -0.05) is 19.1 Å². The molecule has 1 aliphatic rings. The molecule has 1 aliphatic heterocycles. The molecule has 1 heterocycles. The monoisotopic (exact) mass is 470 g/mol. The molecule has 2 unspecified atom stereocenters. The third-order valence-electron chi connectivity index (χ3n) is 6.30. The van der Waals surface area contributed by atoms with E-state index in [-0.39, 0.29) is 11.3 Å². The van der Waals surface area contributed by atoms with Gasteiger partial charge in [-0.05, 0) is 49.1 Å². The van der Waals surface area contributed by atoms with Crippen molar-refractivity contribution in [2.45, 2.75) is 56.8 Å². The lowest BCUT2D eigenvalue weighted by molar-refractivity contribution is -0.527. The zero-order valence-corrected chi connectivity index (χ0v) is 19.9. The van der Waals surface area contributed by atoms with E-state index in [2.05, 4.69) is 6.07 Å². The fraction of sp³-hybridized carbons (Fsp3) is 0.480. The number of methoxy groups -OCH3 is 3. The third-order valence-corrected chi connectivity index (χ3v) is 6.30. The van der Waals surface area contributed by atoms with E-state index in [1.807, 2.05) is 19.1 Å². The van der Waals surface area contributed by atoms with Crippen LogP contribution in [-0.2, 0) is 5.41 Å². The Morgan fingerprint density at radius 2 is 1.71 bits per heavy atom. The van der Waals surface area contributed by atoms with Gasteiger partial charge >= 0.3 is 0 Å². The molecule has 0 saturated carbocycles. The summed E-state index contributed by atoms with van der Waals surface area (Å²) in [6.45, 7) is 1.93. The molecule has 0 radical (unpaired) electrons. The molecule has 0 bridgehead atoms. The number of ether oxygens (including phenoxy) is 5. The zero-order valence-electron chi connectivity index (χ0n) is 19.9. The lowest BCUT2D eigenvalue weighted by Crippen LogP contribution is -2.31. The Morgan fingerprint density at radius 3 is 2.15 bits per heavy atom. The fourth-order valence-electron chi connectivity index (χ4n) is 4.30. The van der Waals surface area contributed by atoms with Gasteiger partial charge in [0, 0.05) is 11.3 Å². The van der Waals surface area contributed by atoms with Crippen molar-refractivity contribution in [1.82, 2.24) is 0 Å². The number of para-hydroxylation sites is 2. The molecular formula is C25H30N2O7. The Bertz CT molecular complexity index is 1000. The van der Waals surface area contributed by atoms with E-state index in [0.717, 1.165) is 5.56 Å². The Kier molecular flexibility index (Phi) is 8.05. The van der Waals surface area contributed by atoms with Crippen molar-refractivity contribution in [3.05, 3.63) is 52.1 Å². The molecule has 9 heteroatoms. The van der Waals surface area contributed by atoms with Crippen LogP contribution in [0.2, 0.25) is 0 Å². The average molecular weight is 471 g/mol. The summed E-state index contributed by atoms with van der Waals surface area (Å²) in [5.74, 6) is 2.55. The number of nitro groups is 1. The van der Waals surface area contributed by atoms with Crippen LogP contribution in [0.1, 0.15) is 44.6 Å². The summed E-state index contributed by atoms with van der Waals surface area (Å²) < 4.78 is 27.7. The summed E-state index contributed by atoms with van der Waals surface area (Å²) in [5.41, 5.74) is -0.132. The molecule has 0 amide bonds. The Morgan fingerprint density at radius 1 is 1.12 bits per heavy atom. The fourth-order valence-corrected chi connectivity index (χ4v) is 4.30. The second kappa shape index (κ2) is 11.0. The number of fused-ring (bicyclic) bond motifs is 1. The van der Waals surface area contributed by atoms with Crippen LogP contribution in [-0.4, -0.2) is 38.6 Å². The van der Waals surface area contributed by atoms with Gasteiger partial charge in [-0.15, -0.1) is 0 Å². The SMILES string of the molecule is CCC(C#N)(CCCC(CC1Oc2ccccc2O1)[N+](=O)[O-])c1cc(OC)c(OC)c(OC)c1. The van der Waals surface area contributed by atoms with E-state index in [9.17, 15) is 15.4 Å². The molecular weight excluding hydrogens is 440 g/mol. The maximum atomic E-state index is 11.7. The molecule has 2 atom stereocenters. The first-order chi connectivity index (χ1) is 16.4. The summed E-state index contributed by atoms with van der Waals surface area (Å²) in [5, 5.41) is 21.9. The molecule has 3 rings (SSSR count). The van der Waals surface area contributed by atoms with Crippen molar-refractivity contribution in [2.75, 3.05) is 21.3 Å². The Labute approximate surface area is 199 Å². The second-order valence-electron chi connectivity index (χ2n) is 8.14. The molecule has 2 aromatic rings. The van der Waals surface area contributed by atoms with Crippen LogP contribution in [0.5, 0.6) is 28.7 Å². The highest BCUT2D eigenvalue weighted by Crippen LogP contribution is 2.44. The molecule has 2 aromatic carbocycles. The van der Waals surface area contributed by atoms with E-state index in [1.165, 1.54) is 21.3 Å². The highest BCUT2D eigenvalue weighted by molar-refractivity contribution is 5.56. The van der Waals surface area contributed by atoms with Gasteiger partial charge in [0.15, 0.2) is 23.0 Å². The van der Waals surface area contributed by atoms with Crippen molar-refractivity contribution >= 4 is 0 Å². The van der Waals surface area contributed by atoms with Crippen molar-refractivity contribution in [3.8, 4) is 34.8 Å². The first-order valence-corrected chi connectivity index (χ1v) is 11.2. The normalized spacial score (nSPS) is 15.1. The summed E-state index contributed by atoms with van der Waals surface area (Å²) in [6.07, 6.45) is 1.15. The minimum absolute atomic E-state index is 0.123. The van der Waals surface area contributed by atoms with Gasteiger partial charge in [0.2, 0.25) is 18.1 Å². The lowest BCUT2D eigenvalue weighted by atomic mass is 9.75. The molecule has 0 aromatic heterocycles. The maximum Gasteiger partial charge on any atom is 0.248 e. The van der Waals surface area contributed by atoms with Gasteiger partial charge in [0.05, 0.1) is 39.2 Å². The summed E-state index contributed by atoms with van der Waals surface area (Å²) >= 11 is 0. The second-order valence-corrected chi connectivity index (χ2v) is 8.14. The highest BCUT2D eigenvalue weighted by Gasteiger charge is 2.35. The van der Waals surface area contributed by atoms with Crippen molar-refractivity contribution in [2.24, 2.45) is 0 Å². The van der Waals surface area contributed by atoms with E-state index in [0.29, 0.717) is 54.4 Å². The largest absolute Gasteiger partial charge is 0.493 e. The molecule has 182 valence electrons. The van der Waals surface area contributed by atoms with Crippen LogP contribution < -0.4 is 23.7 Å². The standard InChI is InChI=1S/C25H30N2O7/c1-5-25(16-26,17-13-21(30-2)24(32-4)22(14-17)31-3)12-8-9-18(27(28)29)15-23-33-19-10-6-7-11-20(19)34-23/h6-7,10-11,13-14,18,23H,5,8-9,12,15H2,1-4H3. The van der Waals surface area contributed by atoms with Crippen molar-refractivity contribution in [3.63, 3.8) is 0 Å². The van der Waals surface area contributed by atoms with E-state index in [1.54, 1.807) is 24.3 Å². The number of hydrogen-bond donors (Lipinski definition) is 0. The molecule has 34 heavy (non-hydrogen) atoms. The van der Waals surface area contributed by atoms with Crippen LogP contribution >= 0.6 is 0 Å². The molecule has 9 nitrogen and oxygen atoms in total. The number of rotatable bonds is 12. The van der Waals surface area contributed by atoms with Gasteiger partial charge in [-0.3, -0.25) is 10.1 Å². The predicted octanol–water partition coefficient (Wildman–Crippen LogP) is 4.89.